The zero-order valence-corrected chi connectivity index (χ0v) is 9.58. The molecular weight excluding hydrogens is 227 g/mol. The molecule has 1 aromatic rings. The van der Waals surface area contributed by atoms with Crippen LogP contribution in [0.2, 0.25) is 0 Å². The zero-order chi connectivity index (χ0) is 12.0. The lowest BCUT2D eigenvalue weighted by atomic mass is 10.1. The third-order valence-electron chi connectivity index (χ3n) is 2.01. The highest BCUT2D eigenvalue weighted by Crippen LogP contribution is 2.13. The van der Waals surface area contributed by atoms with E-state index in [9.17, 15) is 9.18 Å². The Labute approximate surface area is 99.2 Å². The van der Waals surface area contributed by atoms with Gasteiger partial charge in [0.2, 0.25) is 0 Å². The Balaban J connectivity index is 2.79. The molecule has 1 rings (SSSR count). The zero-order valence-electron chi connectivity index (χ0n) is 8.69. The molecule has 0 saturated carbocycles. The van der Waals surface area contributed by atoms with Gasteiger partial charge in [0, 0.05) is 5.56 Å². The van der Waals surface area contributed by atoms with E-state index in [2.05, 4.69) is 12.6 Å². The Morgan fingerprint density at radius 2 is 2.25 bits per heavy atom. The molecule has 0 aromatic heterocycles. The second-order valence-corrected chi connectivity index (χ2v) is 3.79. The monoisotopic (exact) mass is 240 g/mol. The van der Waals surface area contributed by atoms with E-state index in [-0.39, 0.29) is 6.42 Å². The van der Waals surface area contributed by atoms with Crippen LogP contribution in [-0.4, -0.2) is 16.8 Å². The molecule has 0 aliphatic carbocycles. The van der Waals surface area contributed by atoms with E-state index in [0.717, 1.165) is 12.2 Å². The molecule has 1 N–H and O–H groups in total. The highest BCUT2D eigenvalue weighted by Gasteiger charge is 2.04. The van der Waals surface area contributed by atoms with Crippen LogP contribution in [0.3, 0.4) is 0 Å². The van der Waals surface area contributed by atoms with Crippen molar-refractivity contribution in [2.45, 2.75) is 12.8 Å². The minimum atomic E-state index is -0.960. The van der Waals surface area contributed by atoms with Gasteiger partial charge in [0.05, 0.1) is 6.42 Å². The van der Waals surface area contributed by atoms with Gasteiger partial charge < -0.3 is 5.11 Å². The molecule has 0 aliphatic heterocycles. The average molecular weight is 240 g/mol. The van der Waals surface area contributed by atoms with Crippen molar-refractivity contribution in [1.82, 2.24) is 0 Å². The van der Waals surface area contributed by atoms with Gasteiger partial charge in [-0.3, -0.25) is 4.79 Å². The summed E-state index contributed by atoms with van der Waals surface area (Å²) in [4.78, 5) is 10.4. The van der Waals surface area contributed by atoms with Crippen LogP contribution >= 0.6 is 12.6 Å². The fourth-order valence-electron chi connectivity index (χ4n) is 1.28. The van der Waals surface area contributed by atoms with Gasteiger partial charge in [0.15, 0.2) is 0 Å². The normalized spacial score (nSPS) is 10.9. The average Bonchev–Trinajstić information content (AvgIpc) is 2.20. The summed E-state index contributed by atoms with van der Waals surface area (Å²) in [5, 5.41) is 8.56. The number of carboxylic acid groups (broad SMARTS) is 1. The van der Waals surface area contributed by atoms with Crippen LogP contribution < -0.4 is 0 Å². The quantitative estimate of drug-likeness (QED) is 0.776. The van der Waals surface area contributed by atoms with Crippen LogP contribution in [0.1, 0.15) is 17.5 Å². The Hall–Kier alpha value is -1.29. The number of halogens is 1. The lowest BCUT2D eigenvalue weighted by Gasteiger charge is -2.00. The van der Waals surface area contributed by atoms with E-state index in [0.29, 0.717) is 11.1 Å². The maximum Gasteiger partial charge on any atom is 0.307 e. The number of hydrogen-bond acceptors (Lipinski definition) is 2. The lowest BCUT2D eigenvalue weighted by Crippen LogP contribution is -2.00. The summed E-state index contributed by atoms with van der Waals surface area (Å²) < 4.78 is 13.5. The predicted molar refractivity (Wildman–Crippen MR) is 65.2 cm³/mol. The Bertz CT molecular complexity index is 402. The van der Waals surface area contributed by atoms with Crippen LogP contribution in [-0.2, 0) is 11.2 Å². The van der Waals surface area contributed by atoms with Crippen molar-refractivity contribution in [2.75, 3.05) is 5.75 Å². The molecule has 0 spiro atoms. The van der Waals surface area contributed by atoms with E-state index in [1.807, 2.05) is 6.08 Å². The maximum absolute atomic E-state index is 13.5. The van der Waals surface area contributed by atoms with Gasteiger partial charge in [0.25, 0.3) is 0 Å². The van der Waals surface area contributed by atoms with Gasteiger partial charge in [-0.05, 0) is 23.8 Å². The Kier molecular flexibility index (Phi) is 5.05. The molecule has 86 valence electrons. The highest BCUT2D eigenvalue weighted by atomic mass is 32.1. The van der Waals surface area contributed by atoms with Gasteiger partial charge in [-0.2, -0.15) is 12.6 Å². The standard InChI is InChI=1S/C12H13FO2S/c13-11-7-9(8-12(14)15)4-5-10(11)3-1-2-6-16/h1,3-5,7,16H,2,6,8H2,(H,14,15). The molecule has 0 radical (unpaired) electrons. The van der Waals surface area contributed by atoms with Gasteiger partial charge in [0.1, 0.15) is 5.82 Å². The fourth-order valence-corrected chi connectivity index (χ4v) is 1.42. The summed E-state index contributed by atoms with van der Waals surface area (Å²) >= 11 is 4.04. The first-order valence-corrected chi connectivity index (χ1v) is 5.54. The molecule has 0 amide bonds. The summed E-state index contributed by atoms with van der Waals surface area (Å²) in [6, 6.07) is 4.47. The topological polar surface area (TPSA) is 37.3 Å². The van der Waals surface area contributed by atoms with Crippen LogP contribution in [0.15, 0.2) is 24.3 Å². The number of benzene rings is 1. The number of carboxylic acids is 1. The second kappa shape index (κ2) is 6.33. The second-order valence-electron chi connectivity index (χ2n) is 3.34. The van der Waals surface area contributed by atoms with E-state index in [1.54, 1.807) is 18.2 Å². The van der Waals surface area contributed by atoms with E-state index < -0.39 is 11.8 Å². The number of aliphatic carboxylic acids is 1. The van der Waals surface area contributed by atoms with Crippen LogP contribution in [0.5, 0.6) is 0 Å². The molecule has 0 atom stereocenters. The molecule has 0 aliphatic rings. The van der Waals surface area contributed by atoms with Crippen molar-refractivity contribution >= 4 is 24.7 Å². The predicted octanol–water partition coefficient (Wildman–Crippen LogP) is 2.79. The molecule has 2 nitrogen and oxygen atoms in total. The van der Waals surface area contributed by atoms with Crippen LogP contribution in [0.4, 0.5) is 4.39 Å². The molecule has 1 aromatic carbocycles. The number of carbonyl (C=O) groups is 1. The largest absolute Gasteiger partial charge is 0.481 e. The molecule has 0 fully saturated rings. The third-order valence-corrected chi connectivity index (χ3v) is 2.27. The minimum absolute atomic E-state index is 0.155. The van der Waals surface area contributed by atoms with Gasteiger partial charge in [-0.25, -0.2) is 4.39 Å². The van der Waals surface area contributed by atoms with Gasteiger partial charge in [-0.1, -0.05) is 24.3 Å². The van der Waals surface area contributed by atoms with Crippen LogP contribution in [0.25, 0.3) is 6.08 Å². The van der Waals surface area contributed by atoms with Crippen molar-refractivity contribution in [3.63, 3.8) is 0 Å². The van der Waals surface area contributed by atoms with Crippen molar-refractivity contribution in [1.29, 1.82) is 0 Å². The molecule has 0 unspecified atom stereocenters. The molecule has 16 heavy (non-hydrogen) atoms. The third kappa shape index (κ3) is 4.06. The number of hydrogen-bond donors (Lipinski definition) is 2. The van der Waals surface area contributed by atoms with Gasteiger partial charge >= 0.3 is 5.97 Å². The Morgan fingerprint density at radius 1 is 1.50 bits per heavy atom. The highest BCUT2D eigenvalue weighted by molar-refractivity contribution is 7.80. The maximum atomic E-state index is 13.5. The molecule has 0 bridgehead atoms. The SMILES string of the molecule is O=C(O)Cc1ccc(C=CCCS)c(F)c1. The first-order valence-electron chi connectivity index (χ1n) is 4.91. The number of rotatable bonds is 5. The summed E-state index contributed by atoms with van der Waals surface area (Å²) in [6.07, 6.45) is 4.13. The first kappa shape index (κ1) is 12.8. The van der Waals surface area contributed by atoms with Crippen LogP contribution in [0, 0.1) is 5.82 Å². The van der Waals surface area contributed by atoms with Crippen molar-refractivity contribution in [2.24, 2.45) is 0 Å². The summed E-state index contributed by atoms with van der Waals surface area (Å²) in [5.41, 5.74) is 0.937. The van der Waals surface area contributed by atoms with Crippen molar-refractivity contribution in [3.05, 3.63) is 41.2 Å². The molecule has 0 heterocycles. The van der Waals surface area contributed by atoms with E-state index in [4.69, 9.17) is 5.11 Å². The van der Waals surface area contributed by atoms with Crippen molar-refractivity contribution in [3.8, 4) is 0 Å². The molecular formula is C12H13FO2S. The smallest absolute Gasteiger partial charge is 0.307 e. The van der Waals surface area contributed by atoms with E-state index in [1.165, 1.54) is 6.07 Å². The minimum Gasteiger partial charge on any atom is -0.481 e. The molecule has 0 saturated heterocycles. The number of allylic oxidation sites excluding steroid dienone is 1. The van der Waals surface area contributed by atoms with E-state index >= 15 is 0 Å². The summed E-state index contributed by atoms with van der Waals surface area (Å²) in [7, 11) is 0. The summed E-state index contributed by atoms with van der Waals surface area (Å²) in [5.74, 6) is -0.637. The number of thiol groups is 1. The Morgan fingerprint density at radius 3 is 2.81 bits per heavy atom. The summed E-state index contributed by atoms with van der Waals surface area (Å²) in [6.45, 7) is 0. The first-order chi connectivity index (χ1) is 7.63. The van der Waals surface area contributed by atoms with Crippen molar-refractivity contribution < 1.29 is 14.3 Å². The fraction of sp³-hybridized carbons (Fsp3) is 0.250. The molecule has 4 heteroatoms. The lowest BCUT2D eigenvalue weighted by molar-refractivity contribution is -0.136. The van der Waals surface area contributed by atoms with Gasteiger partial charge in [-0.15, -0.1) is 0 Å².